The van der Waals surface area contributed by atoms with E-state index in [-0.39, 0.29) is 12.0 Å². The molecule has 8 heteroatoms. The predicted octanol–water partition coefficient (Wildman–Crippen LogP) is 0.436. The number of aryl methyl sites for hydroxylation is 2. The summed E-state index contributed by atoms with van der Waals surface area (Å²) < 4.78 is 7.43. The van der Waals surface area contributed by atoms with Gasteiger partial charge < -0.3 is 19.9 Å². The zero-order valence-electron chi connectivity index (χ0n) is 16.3. The van der Waals surface area contributed by atoms with Crippen LogP contribution in [0.5, 0.6) is 0 Å². The largest absolute Gasteiger partial charge is 0.368 e. The van der Waals surface area contributed by atoms with E-state index < -0.39 is 0 Å². The molecule has 1 aromatic heterocycles. The number of aromatic nitrogens is 2. The third kappa shape index (κ3) is 3.85. The molecular weight excluding hydrogens is 332 g/mol. The van der Waals surface area contributed by atoms with Gasteiger partial charge in [0.2, 0.25) is 0 Å². The highest BCUT2D eigenvalue weighted by molar-refractivity contribution is 5.82. The molecule has 26 heavy (non-hydrogen) atoms. The zero-order valence-corrected chi connectivity index (χ0v) is 16.3. The van der Waals surface area contributed by atoms with Crippen LogP contribution in [0.2, 0.25) is 0 Å². The quantitative estimate of drug-likeness (QED) is 0.624. The maximum absolute atomic E-state index is 12.5. The van der Waals surface area contributed by atoms with Crippen molar-refractivity contribution in [2.75, 3.05) is 39.8 Å². The third-order valence-electron chi connectivity index (χ3n) is 5.39. The van der Waals surface area contributed by atoms with E-state index in [1.165, 1.54) is 5.56 Å². The van der Waals surface area contributed by atoms with Crippen LogP contribution in [0.15, 0.2) is 4.99 Å². The van der Waals surface area contributed by atoms with E-state index in [1.807, 2.05) is 23.6 Å². The molecule has 3 heterocycles. The topological polar surface area (TPSA) is 75.0 Å². The molecule has 2 fully saturated rings. The van der Waals surface area contributed by atoms with Gasteiger partial charge in [-0.25, -0.2) is 0 Å². The summed E-state index contributed by atoms with van der Waals surface area (Å²) in [6.07, 6.45) is 1.61. The number of carbonyl (C=O) groups excluding carboxylic acids is 1. The summed E-state index contributed by atoms with van der Waals surface area (Å²) in [6, 6.07) is 0. The van der Waals surface area contributed by atoms with Crippen LogP contribution >= 0.6 is 0 Å². The first-order chi connectivity index (χ1) is 12.5. The van der Waals surface area contributed by atoms with Crippen LogP contribution in [0.4, 0.5) is 0 Å². The Morgan fingerprint density at radius 2 is 1.96 bits per heavy atom. The number of hydrogen-bond acceptors (Lipinski definition) is 4. The molecule has 2 saturated heterocycles. The van der Waals surface area contributed by atoms with E-state index >= 15 is 0 Å². The summed E-state index contributed by atoms with van der Waals surface area (Å²) in [5.41, 5.74) is 3.42. The molecule has 1 unspecified atom stereocenters. The lowest BCUT2D eigenvalue weighted by molar-refractivity contribution is -0.142. The summed E-state index contributed by atoms with van der Waals surface area (Å²) in [6.45, 7) is 8.51. The number of piperazine rings is 1. The van der Waals surface area contributed by atoms with E-state index in [1.54, 1.807) is 7.05 Å². The Labute approximate surface area is 155 Å². The van der Waals surface area contributed by atoms with Crippen molar-refractivity contribution in [1.82, 2.24) is 24.9 Å². The second kappa shape index (κ2) is 8.07. The Morgan fingerprint density at radius 1 is 1.27 bits per heavy atom. The molecule has 1 aromatic rings. The first-order valence-corrected chi connectivity index (χ1v) is 9.36. The minimum atomic E-state index is -0.226. The number of guanidine groups is 1. The highest BCUT2D eigenvalue weighted by Gasteiger charge is 2.30. The van der Waals surface area contributed by atoms with Gasteiger partial charge in [-0.15, -0.1) is 0 Å². The van der Waals surface area contributed by atoms with E-state index in [0.29, 0.717) is 26.2 Å². The van der Waals surface area contributed by atoms with E-state index in [4.69, 9.17) is 4.74 Å². The van der Waals surface area contributed by atoms with Crippen molar-refractivity contribution in [2.45, 2.75) is 39.3 Å². The van der Waals surface area contributed by atoms with Gasteiger partial charge in [-0.3, -0.25) is 14.5 Å². The summed E-state index contributed by atoms with van der Waals surface area (Å²) in [5, 5.41) is 7.91. The Balaban J connectivity index is 1.53. The molecule has 1 amide bonds. The SMILES string of the molecule is CN=C(NCc1c(C)nn(C)c1C)N1CCN(C(=O)C2CCCO2)CC1. The predicted molar refractivity (Wildman–Crippen MR) is 100 cm³/mol. The number of hydrogen-bond donors (Lipinski definition) is 1. The number of aliphatic imine (C=N–C) groups is 1. The second-order valence-electron chi connectivity index (χ2n) is 6.99. The summed E-state index contributed by atoms with van der Waals surface area (Å²) in [7, 11) is 3.76. The molecule has 2 aliphatic rings. The first-order valence-electron chi connectivity index (χ1n) is 9.36. The van der Waals surface area contributed by atoms with Crippen LogP contribution in [0.25, 0.3) is 0 Å². The number of nitrogens with one attached hydrogen (secondary N) is 1. The fraction of sp³-hybridized carbons (Fsp3) is 0.722. The number of carbonyl (C=O) groups is 1. The number of rotatable bonds is 3. The number of nitrogens with zero attached hydrogens (tertiary/aromatic N) is 5. The Hall–Kier alpha value is -2.09. The molecule has 1 N–H and O–H groups in total. The molecule has 0 aromatic carbocycles. The van der Waals surface area contributed by atoms with Gasteiger partial charge in [-0.2, -0.15) is 5.10 Å². The smallest absolute Gasteiger partial charge is 0.251 e. The number of ether oxygens (including phenoxy) is 1. The van der Waals surface area contributed by atoms with Crippen LogP contribution < -0.4 is 5.32 Å². The van der Waals surface area contributed by atoms with Crippen molar-refractivity contribution in [3.05, 3.63) is 17.0 Å². The Bertz CT molecular complexity index is 669. The van der Waals surface area contributed by atoms with Crippen LogP contribution in [-0.4, -0.2) is 77.4 Å². The van der Waals surface area contributed by atoms with Gasteiger partial charge in [0.15, 0.2) is 5.96 Å². The first kappa shape index (κ1) is 18.7. The Morgan fingerprint density at radius 3 is 2.50 bits per heavy atom. The fourth-order valence-electron chi connectivity index (χ4n) is 3.69. The lowest BCUT2D eigenvalue weighted by Crippen LogP contribution is -2.55. The van der Waals surface area contributed by atoms with Crippen molar-refractivity contribution < 1.29 is 9.53 Å². The fourth-order valence-corrected chi connectivity index (χ4v) is 3.69. The van der Waals surface area contributed by atoms with Gasteiger partial charge in [-0.05, 0) is 26.7 Å². The van der Waals surface area contributed by atoms with Gasteiger partial charge in [0.05, 0.1) is 5.69 Å². The molecular formula is C18H30N6O2. The molecule has 0 aliphatic carbocycles. The highest BCUT2D eigenvalue weighted by atomic mass is 16.5. The van der Waals surface area contributed by atoms with Crippen molar-refractivity contribution in [3.8, 4) is 0 Å². The molecule has 3 rings (SSSR count). The van der Waals surface area contributed by atoms with E-state index in [2.05, 4.69) is 27.2 Å². The molecule has 144 valence electrons. The maximum atomic E-state index is 12.5. The molecule has 2 aliphatic heterocycles. The van der Waals surface area contributed by atoms with Gasteiger partial charge in [0, 0.05) is 64.7 Å². The van der Waals surface area contributed by atoms with Crippen LogP contribution in [0.1, 0.15) is 29.8 Å². The maximum Gasteiger partial charge on any atom is 0.251 e. The third-order valence-corrected chi connectivity index (χ3v) is 5.39. The van der Waals surface area contributed by atoms with Crippen LogP contribution in [0.3, 0.4) is 0 Å². The zero-order chi connectivity index (χ0) is 18.7. The summed E-state index contributed by atoms with van der Waals surface area (Å²) in [5.74, 6) is 1.02. The lowest BCUT2D eigenvalue weighted by Gasteiger charge is -2.37. The summed E-state index contributed by atoms with van der Waals surface area (Å²) in [4.78, 5) is 21.0. The molecule has 1 atom stereocenters. The van der Waals surface area contributed by atoms with Gasteiger partial charge >= 0.3 is 0 Å². The normalized spacial score (nSPS) is 21.4. The van der Waals surface area contributed by atoms with Crippen molar-refractivity contribution in [3.63, 3.8) is 0 Å². The van der Waals surface area contributed by atoms with E-state index in [0.717, 1.165) is 43.3 Å². The monoisotopic (exact) mass is 362 g/mol. The highest BCUT2D eigenvalue weighted by Crippen LogP contribution is 2.16. The summed E-state index contributed by atoms with van der Waals surface area (Å²) >= 11 is 0. The van der Waals surface area contributed by atoms with Gasteiger partial charge in [0.25, 0.3) is 5.91 Å². The van der Waals surface area contributed by atoms with E-state index in [9.17, 15) is 4.79 Å². The average Bonchev–Trinajstić information content (AvgIpc) is 3.26. The van der Waals surface area contributed by atoms with Crippen LogP contribution in [0, 0.1) is 13.8 Å². The minimum Gasteiger partial charge on any atom is -0.368 e. The molecule has 0 spiro atoms. The molecule has 8 nitrogen and oxygen atoms in total. The standard InChI is InChI=1S/C18H30N6O2/c1-13-15(14(2)22(4)21-13)12-20-18(19-3)24-9-7-23(8-10-24)17(25)16-6-5-11-26-16/h16H,5-12H2,1-4H3,(H,19,20). The minimum absolute atomic E-state index is 0.145. The van der Waals surface area contributed by atoms with Gasteiger partial charge in [-0.1, -0.05) is 0 Å². The molecule has 0 bridgehead atoms. The second-order valence-corrected chi connectivity index (χ2v) is 6.99. The number of amides is 1. The van der Waals surface area contributed by atoms with Crippen LogP contribution in [-0.2, 0) is 23.1 Å². The Kier molecular flexibility index (Phi) is 5.80. The van der Waals surface area contributed by atoms with Crippen molar-refractivity contribution >= 4 is 11.9 Å². The molecule has 0 radical (unpaired) electrons. The molecule has 0 saturated carbocycles. The van der Waals surface area contributed by atoms with Gasteiger partial charge in [0.1, 0.15) is 6.10 Å². The van der Waals surface area contributed by atoms with Crippen molar-refractivity contribution in [2.24, 2.45) is 12.0 Å². The lowest BCUT2D eigenvalue weighted by atomic mass is 10.2. The average molecular weight is 362 g/mol. The van der Waals surface area contributed by atoms with Crippen molar-refractivity contribution in [1.29, 1.82) is 0 Å².